The fraction of sp³-hybridized carbons (Fsp3) is 0.462. The summed E-state index contributed by atoms with van der Waals surface area (Å²) in [6.07, 6.45) is 0. The van der Waals surface area contributed by atoms with E-state index in [0.29, 0.717) is 6.54 Å². The van der Waals surface area contributed by atoms with Gasteiger partial charge in [0.25, 0.3) is 0 Å². The summed E-state index contributed by atoms with van der Waals surface area (Å²) >= 11 is 0. The van der Waals surface area contributed by atoms with Crippen LogP contribution in [0.4, 0.5) is 5.69 Å². The lowest BCUT2D eigenvalue weighted by Crippen LogP contribution is -2.57. The van der Waals surface area contributed by atoms with Gasteiger partial charge >= 0.3 is 0 Å². The predicted molar refractivity (Wildman–Crippen MR) is 69.2 cm³/mol. The number of rotatable bonds is 3. The smallest absolute Gasteiger partial charge is 0.239 e. The first-order chi connectivity index (χ1) is 8.19. The van der Waals surface area contributed by atoms with E-state index >= 15 is 0 Å². The summed E-state index contributed by atoms with van der Waals surface area (Å²) < 4.78 is 0. The van der Waals surface area contributed by atoms with E-state index in [0.717, 1.165) is 18.8 Å². The van der Waals surface area contributed by atoms with Gasteiger partial charge in [-0.1, -0.05) is 12.1 Å². The molecular weight excluding hydrogens is 214 g/mol. The van der Waals surface area contributed by atoms with Gasteiger partial charge in [0, 0.05) is 18.8 Å². The van der Waals surface area contributed by atoms with Crippen molar-refractivity contribution in [3.05, 3.63) is 29.8 Å². The molecule has 0 bridgehead atoms. The van der Waals surface area contributed by atoms with Crippen LogP contribution in [-0.2, 0) is 4.79 Å². The van der Waals surface area contributed by atoms with Crippen molar-refractivity contribution in [1.82, 2.24) is 10.6 Å². The average Bonchev–Trinajstić information content (AvgIpc) is 2.28. The molecule has 0 aliphatic carbocycles. The molecule has 17 heavy (non-hydrogen) atoms. The number of carbonyl (C=O) groups is 1. The lowest BCUT2D eigenvalue weighted by atomic mass is 10.1. The number of amides is 1. The van der Waals surface area contributed by atoms with Crippen LogP contribution in [0.25, 0.3) is 0 Å². The number of carbonyl (C=O) groups excluding carboxylic acids is 1. The summed E-state index contributed by atoms with van der Waals surface area (Å²) in [6.45, 7) is 4.17. The maximum atomic E-state index is 11.6. The molecule has 1 unspecified atom stereocenters. The Kier molecular flexibility index (Phi) is 3.64. The van der Waals surface area contributed by atoms with Gasteiger partial charge in [-0.25, -0.2) is 0 Å². The second-order valence-electron chi connectivity index (χ2n) is 4.54. The number of anilines is 1. The molecule has 1 aliphatic heterocycles. The lowest BCUT2D eigenvalue weighted by molar-refractivity contribution is -0.121. The number of hydrogen-bond acceptors (Lipinski definition) is 3. The van der Waals surface area contributed by atoms with E-state index in [-0.39, 0.29) is 11.9 Å². The van der Waals surface area contributed by atoms with E-state index in [1.54, 1.807) is 0 Å². The highest BCUT2D eigenvalue weighted by molar-refractivity contribution is 5.83. The molecule has 1 aromatic carbocycles. The summed E-state index contributed by atoms with van der Waals surface area (Å²) in [4.78, 5) is 13.8. The van der Waals surface area contributed by atoms with E-state index in [4.69, 9.17) is 0 Å². The third-order valence-corrected chi connectivity index (χ3v) is 2.96. The molecule has 0 radical (unpaired) electrons. The van der Waals surface area contributed by atoms with Crippen LogP contribution in [0.15, 0.2) is 24.3 Å². The maximum absolute atomic E-state index is 11.6. The Labute approximate surface area is 102 Å². The van der Waals surface area contributed by atoms with E-state index in [2.05, 4.69) is 40.7 Å². The van der Waals surface area contributed by atoms with Gasteiger partial charge in [-0.05, 0) is 31.7 Å². The zero-order valence-electron chi connectivity index (χ0n) is 10.4. The summed E-state index contributed by atoms with van der Waals surface area (Å²) in [6, 6.07) is 8.46. The van der Waals surface area contributed by atoms with Crippen LogP contribution in [0.3, 0.4) is 0 Å². The maximum Gasteiger partial charge on any atom is 0.239 e. The molecule has 4 nitrogen and oxygen atoms in total. The molecule has 1 atom stereocenters. The topological polar surface area (TPSA) is 44.4 Å². The first-order valence-corrected chi connectivity index (χ1v) is 5.94. The van der Waals surface area contributed by atoms with Crippen LogP contribution in [0.1, 0.15) is 5.56 Å². The second kappa shape index (κ2) is 5.19. The summed E-state index contributed by atoms with van der Waals surface area (Å²) in [5.41, 5.74) is 2.35. The molecule has 4 heteroatoms. The van der Waals surface area contributed by atoms with E-state index in [1.165, 1.54) is 5.56 Å². The SMILES string of the molecule is CNCC1CN(c2cccc(C)c2)CC(=O)N1. The Morgan fingerprint density at radius 3 is 3.06 bits per heavy atom. The van der Waals surface area contributed by atoms with Crippen molar-refractivity contribution in [2.24, 2.45) is 0 Å². The van der Waals surface area contributed by atoms with Crippen LogP contribution in [0.5, 0.6) is 0 Å². The number of benzene rings is 1. The van der Waals surface area contributed by atoms with Gasteiger partial charge in [-0.15, -0.1) is 0 Å². The molecule has 1 heterocycles. The molecule has 1 fully saturated rings. The van der Waals surface area contributed by atoms with E-state index < -0.39 is 0 Å². The van der Waals surface area contributed by atoms with E-state index in [1.807, 2.05) is 13.1 Å². The van der Waals surface area contributed by atoms with Gasteiger partial charge in [0.2, 0.25) is 5.91 Å². The predicted octanol–water partition coefficient (Wildman–Crippen LogP) is 0.519. The van der Waals surface area contributed by atoms with Crippen molar-refractivity contribution in [3.63, 3.8) is 0 Å². The number of hydrogen-bond donors (Lipinski definition) is 2. The van der Waals surface area contributed by atoms with Gasteiger partial charge in [0.1, 0.15) is 0 Å². The first kappa shape index (κ1) is 11.9. The molecule has 1 saturated heterocycles. The summed E-state index contributed by atoms with van der Waals surface area (Å²) in [5, 5.41) is 6.09. The molecule has 0 aromatic heterocycles. The van der Waals surface area contributed by atoms with Gasteiger partial charge in [0.15, 0.2) is 0 Å². The van der Waals surface area contributed by atoms with Crippen molar-refractivity contribution in [2.45, 2.75) is 13.0 Å². The van der Waals surface area contributed by atoms with E-state index in [9.17, 15) is 4.79 Å². The molecular formula is C13H19N3O. The lowest BCUT2D eigenvalue weighted by Gasteiger charge is -2.34. The van der Waals surface area contributed by atoms with Crippen LogP contribution < -0.4 is 15.5 Å². The Morgan fingerprint density at radius 2 is 2.35 bits per heavy atom. The number of piperazine rings is 1. The Balaban J connectivity index is 2.12. The monoisotopic (exact) mass is 233 g/mol. The van der Waals surface area contributed by atoms with Gasteiger partial charge in [0.05, 0.1) is 12.6 Å². The largest absolute Gasteiger partial charge is 0.360 e. The average molecular weight is 233 g/mol. The van der Waals surface area contributed by atoms with Crippen LogP contribution >= 0.6 is 0 Å². The molecule has 2 rings (SSSR count). The highest BCUT2D eigenvalue weighted by atomic mass is 16.2. The van der Waals surface area contributed by atoms with Crippen molar-refractivity contribution in [1.29, 1.82) is 0 Å². The number of likely N-dealkylation sites (N-methyl/N-ethyl adjacent to an activating group) is 1. The van der Waals surface area contributed by atoms with Crippen molar-refractivity contribution in [2.75, 3.05) is 31.6 Å². The molecule has 92 valence electrons. The fourth-order valence-corrected chi connectivity index (χ4v) is 2.21. The minimum Gasteiger partial charge on any atom is -0.360 e. The second-order valence-corrected chi connectivity index (χ2v) is 4.54. The normalized spacial score (nSPS) is 20.2. The van der Waals surface area contributed by atoms with Crippen LogP contribution in [0.2, 0.25) is 0 Å². The number of aryl methyl sites for hydroxylation is 1. The third kappa shape index (κ3) is 2.97. The quantitative estimate of drug-likeness (QED) is 0.800. The molecule has 0 saturated carbocycles. The zero-order valence-corrected chi connectivity index (χ0v) is 10.4. The highest BCUT2D eigenvalue weighted by Gasteiger charge is 2.23. The highest BCUT2D eigenvalue weighted by Crippen LogP contribution is 2.17. The minimum atomic E-state index is 0.0954. The van der Waals surface area contributed by atoms with Crippen molar-refractivity contribution >= 4 is 11.6 Å². The molecule has 2 N–H and O–H groups in total. The summed E-state index contributed by atoms with van der Waals surface area (Å²) in [7, 11) is 1.90. The molecule has 1 amide bonds. The third-order valence-electron chi connectivity index (χ3n) is 2.96. The van der Waals surface area contributed by atoms with Gasteiger partial charge in [-0.2, -0.15) is 0 Å². The van der Waals surface area contributed by atoms with Crippen LogP contribution in [0, 0.1) is 6.92 Å². The first-order valence-electron chi connectivity index (χ1n) is 5.94. The standard InChI is InChI=1S/C13H19N3O/c1-10-4-3-5-12(6-10)16-8-11(7-14-2)15-13(17)9-16/h3-6,11,14H,7-9H2,1-2H3,(H,15,17). The van der Waals surface area contributed by atoms with Crippen molar-refractivity contribution < 1.29 is 4.79 Å². The molecule has 1 aliphatic rings. The zero-order chi connectivity index (χ0) is 12.3. The number of nitrogens with one attached hydrogen (secondary N) is 2. The summed E-state index contributed by atoms with van der Waals surface area (Å²) in [5.74, 6) is 0.0954. The Bertz CT molecular complexity index is 405. The van der Waals surface area contributed by atoms with Crippen molar-refractivity contribution in [3.8, 4) is 0 Å². The molecule has 1 aromatic rings. The van der Waals surface area contributed by atoms with Gasteiger partial charge < -0.3 is 15.5 Å². The molecule has 0 spiro atoms. The van der Waals surface area contributed by atoms with Gasteiger partial charge in [-0.3, -0.25) is 4.79 Å². The fourth-order valence-electron chi connectivity index (χ4n) is 2.21. The Hall–Kier alpha value is -1.55. The number of nitrogens with zero attached hydrogens (tertiary/aromatic N) is 1. The minimum absolute atomic E-state index is 0.0954. The Morgan fingerprint density at radius 1 is 1.53 bits per heavy atom. The van der Waals surface area contributed by atoms with Crippen LogP contribution in [-0.4, -0.2) is 38.6 Å².